The molecule has 1 atom stereocenters. The van der Waals surface area contributed by atoms with Crippen LogP contribution in [0.2, 0.25) is 0 Å². The van der Waals surface area contributed by atoms with Gasteiger partial charge in [-0.1, -0.05) is 42.5 Å². The third kappa shape index (κ3) is 2.79. The van der Waals surface area contributed by atoms with Gasteiger partial charge < -0.3 is 4.90 Å². The second kappa shape index (κ2) is 6.75. The third-order valence-electron chi connectivity index (χ3n) is 5.11. The zero-order valence-electron chi connectivity index (χ0n) is 14.4. The minimum atomic E-state index is -0.803. The van der Waals surface area contributed by atoms with Gasteiger partial charge in [0.15, 0.2) is 0 Å². The highest BCUT2D eigenvalue weighted by Gasteiger charge is 2.44. The van der Waals surface area contributed by atoms with Gasteiger partial charge in [0, 0.05) is 19.5 Å². The minimum absolute atomic E-state index is 0.138. The quantitative estimate of drug-likeness (QED) is 0.798. The molecule has 1 fully saturated rings. The Morgan fingerprint density at radius 1 is 0.846 bits per heavy atom. The summed E-state index contributed by atoms with van der Waals surface area (Å²) in [4.78, 5) is 41.9. The number of carbonyl (C=O) groups excluding carboxylic acids is 3. The largest absolute Gasteiger partial charge is 0.341 e. The summed E-state index contributed by atoms with van der Waals surface area (Å²) in [7, 11) is 0. The van der Waals surface area contributed by atoms with Gasteiger partial charge in [-0.25, -0.2) is 0 Å². The number of amides is 3. The molecule has 0 spiro atoms. The first-order valence-corrected chi connectivity index (χ1v) is 8.96. The van der Waals surface area contributed by atoms with Gasteiger partial charge in [-0.05, 0) is 30.5 Å². The molecule has 0 radical (unpaired) electrons. The van der Waals surface area contributed by atoms with Gasteiger partial charge in [-0.3, -0.25) is 19.3 Å². The lowest BCUT2D eigenvalue weighted by molar-refractivity contribution is -0.134. The Bertz CT molecular complexity index is 822. The summed E-state index contributed by atoms with van der Waals surface area (Å²) in [6.07, 6.45) is 2.26. The summed E-state index contributed by atoms with van der Waals surface area (Å²) >= 11 is 0. The van der Waals surface area contributed by atoms with Gasteiger partial charge in [-0.15, -0.1) is 0 Å². The van der Waals surface area contributed by atoms with E-state index in [0.29, 0.717) is 30.6 Å². The van der Waals surface area contributed by atoms with Crippen molar-refractivity contribution >= 4 is 17.7 Å². The molecule has 1 saturated heterocycles. The first kappa shape index (κ1) is 16.5. The minimum Gasteiger partial charge on any atom is -0.341 e. The number of fused-ring (bicyclic) bond motifs is 1. The Hall–Kier alpha value is -2.95. The van der Waals surface area contributed by atoms with E-state index in [1.165, 1.54) is 0 Å². The zero-order valence-corrected chi connectivity index (χ0v) is 14.4. The Labute approximate surface area is 152 Å². The fraction of sp³-hybridized carbons (Fsp3) is 0.286. The molecule has 0 saturated carbocycles. The van der Waals surface area contributed by atoms with E-state index in [-0.39, 0.29) is 17.7 Å². The van der Waals surface area contributed by atoms with Crippen molar-refractivity contribution in [1.29, 1.82) is 0 Å². The molecule has 0 aromatic heterocycles. The van der Waals surface area contributed by atoms with Crippen molar-refractivity contribution in [3.63, 3.8) is 0 Å². The maximum Gasteiger partial charge on any atom is 0.262 e. The monoisotopic (exact) mass is 348 g/mol. The molecule has 5 heteroatoms. The van der Waals surface area contributed by atoms with Crippen LogP contribution in [0, 0.1) is 0 Å². The highest BCUT2D eigenvalue weighted by Crippen LogP contribution is 2.27. The summed E-state index contributed by atoms with van der Waals surface area (Å²) < 4.78 is 0. The number of hydrogen-bond acceptors (Lipinski definition) is 3. The van der Waals surface area contributed by atoms with Crippen molar-refractivity contribution in [3.8, 4) is 0 Å². The Morgan fingerprint density at radius 2 is 1.38 bits per heavy atom. The van der Waals surface area contributed by atoms with Crippen LogP contribution in [-0.2, 0) is 11.2 Å². The van der Waals surface area contributed by atoms with E-state index in [4.69, 9.17) is 0 Å². The van der Waals surface area contributed by atoms with Crippen molar-refractivity contribution in [2.24, 2.45) is 0 Å². The van der Waals surface area contributed by atoms with Crippen LogP contribution >= 0.6 is 0 Å². The van der Waals surface area contributed by atoms with Crippen molar-refractivity contribution < 1.29 is 14.4 Å². The average Bonchev–Trinajstić information content (AvgIpc) is 3.29. The molecule has 2 aliphatic rings. The van der Waals surface area contributed by atoms with E-state index in [2.05, 4.69) is 0 Å². The van der Waals surface area contributed by atoms with E-state index in [0.717, 1.165) is 23.3 Å². The van der Waals surface area contributed by atoms with Gasteiger partial charge in [0.25, 0.3) is 11.8 Å². The maximum absolute atomic E-state index is 13.2. The van der Waals surface area contributed by atoms with Crippen LogP contribution in [0.15, 0.2) is 54.6 Å². The number of carbonyl (C=O) groups is 3. The highest BCUT2D eigenvalue weighted by atomic mass is 16.2. The molecule has 0 N–H and O–H groups in total. The molecule has 4 rings (SSSR count). The zero-order chi connectivity index (χ0) is 18.1. The van der Waals surface area contributed by atoms with Gasteiger partial charge >= 0.3 is 0 Å². The molecule has 2 aliphatic heterocycles. The van der Waals surface area contributed by atoms with Crippen molar-refractivity contribution in [2.75, 3.05) is 13.1 Å². The van der Waals surface area contributed by atoms with Crippen LogP contribution in [-0.4, -0.2) is 46.7 Å². The fourth-order valence-corrected chi connectivity index (χ4v) is 3.77. The van der Waals surface area contributed by atoms with Crippen LogP contribution in [0.5, 0.6) is 0 Å². The lowest BCUT2D eigenvalue weighted by Gasteiger charge is -2.29. The molecule has 0 bridgehead atoms. The van der Waals surface area contributed by atoms with Gasteiger partial charge in [0.2, 0.25) is 5.91 Å². The average molecular weight is 348 g/mol. The number of likely N-dealkylation sites (tertiary alicyclic amines) is 1. The van der Waals surface area contributed by atoms with Gasteiger partial charge in [0.05, 0.1) is 11.1 Å². The molecule has 3 amide bonds. The molecule has 0 unspecified atom stereocenters. The van der Waals surface area contributed by atoms with Crippen LogP contribution in [0.4, 0.5) is 0 Å². The number of imide groups is 1. The number of hydrogen-bond donors (Lipinski definition) is 0. The maximum atomic E-state index is 13.2. The van der Waals surface area contributed by atoms with Crippen molar-refractivity contribution in [1.82, 2.24) is 9.80 Å². The molecule has 2 aromatic rings. The first-order valence-electron chi connectivity index (χ1n) is 8.96. The van der Waals surface area contributed by atoms with Crippen LogP contribution < -0.4 is 0 Å². The van der Waals surface area contributed by atoms with E-state index in [1.807, 2.05) is 30.3 Å². The van der Waals surface area contributed by atoms with E-state index in [1.54, 1.807) is 29.2 Å². The van der Waals surface area contributed by atoms with Crippen molar-refractivity contribution in [3.05, 3.63) is 71.3 Å². The summed E-state index contributed by atoms with van der Waals surface area (Å²) in [5, 5.41) is 0. The van der Waals surface area contributed by atoms with E-state index in [9.17, 15) is 14.4 Å². The number of rotatable bonds is 4. The summed E-state index contributed by atoms with van der Waals surface area (Å²) in [5.41, 5.74) is 1.69. The molecule has 2 aromatic carbocycles. The number of nitrogens with zero attached hydrogens (tertiary/aromatic N) is 2. The summed E-state index contributed by atoms with van der Waals surface area (Å²) in [5.74, 6) is -0.890. The third-order valence-corrected chi connectivity index (χ3v) is 5.11. The lowest BCUT2D eigenvalue weighted by Crippen LogP contribution is -2.51. The second-order valence-electron chi connectivity index (χ2n) is 6.76. The topological polar surface area (TPSA) is 57.7 Å². The molecular formula is C21H20N2O3. The highest BCUT2D eigenvalue weighted by molar-refractivity contribution is 6.22. The smallest absolute Gasteiger partial charge is 0.262 e. The van der Waals surface area contributed by atoms with Crippen molar-refractivity contribution in [2.45, 2.75) is 25.3 Å². The molecule has 2 heterocycles. The SMILES string of the molecule is O=C([C@H](Cc1ccccc1)N1C(=O)c2ccccc2C1=O)N1CCCC1. The lowest BCUT2D eigenvalue weighted by atomic mass is 10.0. The fourth-order valence-electron chi connectivity index (χ4n) is 3.77. The summed E-state index contributed by atoms with van der Waals surface area (Å²) in [6, 6.07) is 15.5. The van der Waals surface area contributed by atoms with Gasteiger partial charge in [-0.2, -0.15) is 0 Å². The molecule has 26 heavy (non-hydrogen) atoms. The Balaban J connectivity index is 1.70. The Kier molecular flexibility index (Phi) is 4.29. The molecule has 0 aliphatic carbocycles. The van der Waals surface area contributed by atoms with Crippen LogP contribution in [0.3, 0.4) is 0 Å². The Morgan fingerprint density at radius 3 is 1.96 bits per heavy atom. The summed E-state index contributed by atoms with van der Waals surface area (Å²) in [6.45, 7) is 1.38. The standard InChI is InChI=1S/C21H20N2O3/c24-19-16-10-4-5-11-17(16)20(25)23(19)18(14-15-8-2-1-3-9-15)21(26)22-12-6-7-13-22/h1-5,8-11,18H,6-7,12-14H2/t18-/m0/s1. The molecular weight excluding hydrogens is 328 g/mol. The van der Waals surface area contributed by atoms with E-state index >= 15 is 0 Å². The normalized spacial score (nSPS) is 17.5. The van der Waals surface area contributed by atoms with E-state index < -0.39 is 6.04 Å². The second-order valence-corrected chi connectivity index (χ2v) is 6.76. The first-order chi connectivity index (χ1) is 12.7. The van der Waals surface area contributed by atoms with Gasteiger partial charge in [0.1, 0.15) is 6.04 Å². The predicted octanol–water partition coefficient (Wildman–Crippen LogP) is 2.52. The predicted molar refractivity (Wildman–Crippen MR) is 96.7 cm³/mol. The number of benzene rings is 2. The molecule has 5 nitrogen and oxygen atoms in total. The molecule has 132 valence electrons. The van der Waals surface area contributed by atoms with Crippen LogP contribution in [0.25, 0.3) is 0 Å². The van der Waals surface area contributed by atoms with Crippen LogP contribution in [0.1, 0.15) is 39.1 Å².